The summed E-state index contributed by atoms with van der Waals surface area (Å²) in [7, 11) is 1.69. The van der Waals surface area contributed by atoms with Gasteiger partial charge < -0.3 is 14.6 Å². The van der Waals surface area contributed by atoms with E-state index in [4.69, 9.17) is 9.47 Å². The SMILES string of the molecule is COCCOCCCC(CO)C1CCCC1. The van der Waals surface area contributed by atoms with Crippen LogP contribution >= 0.6 is 0 Å². The molecule has 1 unspecified atom stereocenters. The minimum Gasteiger partial charge on any atom is -0.396 e. The second kappa shape index (κ2) is 8.97. The monoisotopic (exact) mass is 230 g/mol. The van der Waals surface area contributed by atoms with Crippen LogP contribution in [0.15, 0.2) is 0 Å². The van der Waals surface area contributed by atoms with Crippen molar-refractivity contribution in [1.29, 1.82) is 0 Å². The Bertz CT molecular complexity index is 155. The summed E-state index contributed by atoms with van der Waals surface area (Å²) in [5, 5.41) is 9.37. The molecule has 16 heavy (non-hydrogen) atoms. The maximum atomic E-state index is 9.37. The van der Waals surface area contributed by atoms with Crippen molar-refractivity contribution in [3.05, 3.63) is 0 Å². The quantitative estimate of drug-likeness (QED) is 0.617. The molecule has 0 radical (unpaired) electrons. The van der Waals surface area contributed by atoms with Gasteiger partial charge in [0.15, 0.2) is 0 Å². The van der Waals surface area contributed by atoms with Crippen molar-refractivity contribution >= 4 is 0 Å². The lowest BCUT2D eigenvalue weighted by Crippen LogP contribution is -2.17. The van der Waals surface area contributed by atoms with Gasteiger partial charge in [0, 0.05) is 20.3 Å². The lowest BCUT2D eigenvalue weighted by Gasteiger charge is -2.20. The molecular formula is C13H26O3. The third kappa shape index (κ3) is 5.28. The molecule has 1 rings (SSSR count). The zero-order valence-corrected chi connectivity index (χ0v) is 10.5. The smallest absolute Gasteiger partial charge is 0.0700 e. The van der Waals surface area contributed by atoms with Crippen LogP contribution in [0.1, 0.15) is 38.5 Å². The molecule has 0 spiro atoms. The highest BCUT2D eigenvalue weighted by atomic mass is 16.5. The zero-order chi connectivity index (χ0) is 11.6. The largest absolute Gasteiger partial charge is 0.396 e. The summed E-state index contributed by atoms with van der Waals surface area (Å²) in [5.74, 6) is 1.28. The van der Waals surface area contributed by atoms with E-state index in [-0.39, 0.29) is 0 Å². The molecule has 0 saturated heterocycles. The van der Waals surface area contributed by atoms with Gasteiger partial charge >= 0.3 is 0 Å². The Morgan fingerprint density at radius 3 is 2.56 bits per heavy atom. The molecule has 0 bridgehead atoms. The fraction of sp³-hybridized carbons (Fsp3) is 1.00. The highest BCUT2D eigenvalue weighted by Gasteiger charge is 2.23. The van der Waals surface area contributed by atoms with Crippen molar-refractivity contribution in [3.63, 3.8) is 0 Å². The third-order valence-electron chi connectivity index (χ3n) is 3.60. The van der Waals surface area contributed by atoms with E-state index in [2.05, 4.69) is 0 Å². The summed E-state index contributed by atoms with van der Waals surface area (Å²) < 4.78 is 10.3. The van der Waals surface area contributed by atoms with Crippen LogP contribution in [0.2, 0.25) is 0 Å². The van der Waals surface area contributed by atoms with E-state index in [1.165, 1.54) is 25.7 Å². The minimum atomic E-state index is 0.350. The number of aliphatic hydroxyl groups is 1. The van der Waals surface area contributed by atoms with Crippen molar-refractivity contribution in [2.45, 2.75) is 38.5 Å². The van der Waals surface area contributed by atoms with Gasteiger partial charge in [0.05, 0.1) is 13.2 Å². The van der Waals surface area contributed by atoms with E-state index in [9.17, 15) is 5.11 Å². The lowest BCUT2D eigenvalue weighted by molar-refractivity contribution is 0.0632. The first kappa shape index (κ1) is 13.9. The Hall–Kier alpha value is -0.120. The molecule has 0 aliphatic heterocycles. The van der Waals surface area contributed by atoms with Crippen LogP contribution < -0.4 is 0 Å². The van der Waals surface area contributed by atoms with Crippen LogP contribution in [0.3, 0.4) is 0 Å². The van der Waals surface area contributed by atoms with Gasteiger partial charge in [0.1, 0.15) is 0 Å². The van der Waals surface area contributed by atoms with Crippen LogP contribution in [0.25, 0.3) is 0 Å². The van der Waals surface area contributed by atoms with Crippen molar-refractivity contribution < 1.29 is 14.6 Å². The number of ether oxygens (including phenoxy) is 2. The molecule has 1 fully saturated rings. The number of hydrogen-bond donors (Lipinski definition) is 1. The normalized spacial score (nSPS) is 19.1. The van der Waals surface area contributed by atoms with Gasteiger partial charge in [0.2, 0.25) is 0 Å². The second-order valence-corrected chi connectivity index (χ2v) is 4.73. The molecular weight excluding hydrogens is 204 g/mol. The zero-order valence-electron chi connectivity index (χ0n) is 10.5. The highest BCUT2D eigenvalue weighted by Crippen LogP contribution is 2.33. The molecule has 96 valence electrons. The van der Waals surface area contributed by atoms with Crippen molar-refractivity contribution in [2.75, 3.05) is 33.5 Å². The van der Waals surface area contributed by atoms with Crippen LogP contribution in [0.5, 0.6) is 0 Å². The summed E-state index contributed by atoms with van der Waals surface area (Å²) in [4.78, 5) is 0. The maximum Gasteiger partial charge on any atom is 0.0700 e. The molecule has 1 aliphatic rings. The Morgan fingerprint density at radius 2 is 1.94 bits per heavy atom. The predicted molar refractivity (Wildman–Crippen MR) is 64.5 cm³/mol. The minimum absolute atomic E-state index is 0.350. The molecule has 0 aromatic heterocycles. The lowest BCUT2D eigenvalue weighted by atomic mass is 9.88. The van der Waals surface area contributed by atoms with Gasteiger partial charge in [-0.1, -0.05) is 25.7 Å². The van der Waals surface area contributed by atoms with E-state index in [0.29, 0.717) is 25.7 Å². The van der Waals surface area contributed by atoms with Crippen LogP contribution in [-0.2, 0) is 9.47 Å². The molecule has 3 heteroatoms. The van der Waals surface area contributed by atoms with Crippen LogP contribution in [0.4, 0.5) is 0 Å². The van der Waals surface area contributed by atoms with Crippen LogP contribution in [0, 0.1) is 11.8 Å². The van der Waals surface area contributed by atoms with Gasteiger partial charge in [-0.2, -0.15) is 0 Å². The molecule has 1 N–H and O–H groups in total. The first-order valence-corrected chi connectivity index (χ1v) is 6.56. The van der Waals surface area contributed by atoms with E-state index in [1.807, 2.05) is 0 Å². The summed E-state index contributed by atoms with van der Waals surface area (Å²) in [6, 6.07) is 0. The summed E-state index contributed by atoms with van der Waals surface area (Å²) >= 11 is 0. The van der Waals surface area contributed by atoms with E-state index < -0.39 is 0 Å². The molecule has 0 heterocycles. The van der Waals surface area contributed by atoms with Crippen molar-refractivity contribution in [2.24, 2.45) is 11.8 Å². The number of rotatable bonds is 9. The van der Waals surface area contributed by atoms with E-state index in [1.54, 1.807) is 7.11 Å². The number of aliphatic hydroxyl groups excluding tert-OH is 1. The molecule has 0 aromatic carbocycles. The van der Waals surface area contributed by atoms with Gasteiger partial charge in [-0.25, -0.2) is 0 Å². The van der Waals surface area contributed by atoms with Gasteiger partial charge in [-0.05, 0) is 24.7 Å². The molecule has 1 aliphatic carbocycles. The van der Waals surface area contributed by atoms with Crippen molar-refractivity contribution in [3.8, 4) is 0 Å². The fourth-order valence-corrected chi connectivity index (χ4v) is 2.60. The van der Waals surface area contributed by atoms with Gasteiger partial charge in [0.25, 0.3) is 0 Å². The maximum absolute atomic E-state index is 9.37. The average molecular weight is 230 g/mol. The third-order valence-corrected chi connectivity index (χ3v) is 3.60. The Balaban J connectivity index is 2.00. The topological polar surface area (TPSA) is 38.7 Å². The molecule has 0 amide bonds. The Labute approximate surface area is 99.1 Å². The van der Waals surface area contributed by atoms with E-state index >= 15 is 0 Å². The average Bonchev–Trinajstić information content (AvgIpc) is 2.82. The second-order valence-electron chi connectivity index (χ2n) is 4.73. The highest BCUT2D eigenvalue weighted by molar-refractivity contribution is 4.74. The summed E-state index contributed by atoms with van der Waals surface area (Å²) in [6.45, 7) is 2.51. The molecule has 0 aromatic rings. The van der Waals surface area contributed by atoms with Gasteiger partial charge in [-0.3, -0.25) is 0 Å². The predicted octanol–water partition coefficient (Wildman–Crippen LogP) is 2.23. The number of hydrogen-bond acceptors (Lipinski definition) is 3. The fourth-order valence-electron chi connectivity index (χ4n) is 2.60. The number of methoxy groups -OCH3 is 1. The first-order valence-electron chi connectivity index (χ1n) is 6.56. The molecule has 1 atom stereocenters. The summed E-state index contributed by atoms with van der Waals surface area (Å²) in [5.41, 5.74) is 0. The van der Waals surface area contributed by atoms with E-state index in [0.717, 1.165) is 25.4 Å². The first-order chi connectivity index (χ1) is 7.88. The van der Waals surface area contributed by atoms with Gasteiger partial charge in [-0.15, -0.1) is 0 Å². The molecule has 3 nitrogen and oxygen atoms in total. The Kier molecular flexibility index (Phi) is 7.81. The Morgan fingerprint density at radius 1 is 1.19 bits per heavy atom. The summed E-state index contributed by atoms with van der Waals surface area (Å²) in [6.07, 6.45) is 7.50. The standard InChI is InChI=1S/C13H26O3/c1-15-9-10-16-8-4-7-13(11-14)12-5-2-3-6-12/h12-14H,2-11H2,1H3. The van der Waals surface area contributed by atoms with Crippen LogP contribution in [-0.4, -0.2) is 38.6 Å². The van der Waals surface area contributed by atoms with Crippen molar-refractivity contribution in [1.82, 2.24) is 0 Å². The molecule has 1 saturated carbocycles.